The minimum Gasteiger partial charge on any atom is -0.481 e. The van der Waals surface area contributed by atoms with Gasteiger partial charge in [0.15, 0.2) is 0 Å². The van der Waals surface area contributed by atoms with E-state index in [0.29, 0.717) is 18.2 Å². The molecule has 0 atom stereocenters. The van der Waals surface area contributed by atoms with Gasteiger partial charge in [0, 0.05) is 11.6 Å². The first-order chi connectivity index (χ1) is 7.70. The van der Waals surface area contributed by atoms with Gasteiger partial charge >= 0.3 is 0 Å². The van der Waals surface area contributed by atoms with Gasteiger partial charge in [0.2, 0.25) is 5.88 Å². The third-order valence-corrected chi connectivity index (χ3v) is 2.37. The molecule has 0 aliphatic heterocycles. The summed E-state index contributed by atoms with van der Waals surface area (Å²) >= 11 is 0. The van der Waals surface area contributed by atoms with Crippen molar-refractivity contribution in [3.05, 3.63) is 35.7 Å². The van der Waals surface area contributed by atoms with Gasteiger partial charge in [-0.2, -0.15) is 5.10 Å². The summed E-state index contributed by atoms with van der Waals surface area (Å²) in [5, 5.41) is 4.18. The maximum Gasteiger partial charge on any atom is 0.213 e. The van der Waals surface area contributed by atoms with Gasteiger partial charge in [-0.1, -0.05) is 6.07 Å². The van der Waals surface area contributed by atoms with Crippen LogP contribution < -0.4 is 10.5 Å². The predicted molar refractivity (Wildman–Crippen MR) is 61.3 cm³/mol. The molecule has 2 aromatic heterocycles. The summed E-state index contributed by atoms with van der Waals surface area (Å²) < 4.78 is 6.78. The lowest BCUT2D eigenvalue weighted by Crippen LogP contribution is -2.07. The number of nitrogen functional groups attached to an aromatic ring is 1. The lowest BCUT2D eigenvalue weighted by Gasteiger charge is -2.05. The summed E-state index contributed by atoms with van der Waals surface area (Å²) in [5.41, 5.74) is 7.71. The first kappa shape index (κ1) is 10.5. The highest BCUT2D eigenvalue weighted by molar-refractivity contribution is 5.37. The number of anilines is 1. The molecule has 5 nitrogen and oxygen atoms in total. The number of rotatable bonds is 3. The average Bonchev–Trinajstić information content (AvgIpc) is 2.61. The standard InChI is InChI=1S/C11H14N4O/c1-8-6-13-15(11(8)12)7-9-4-3-5-10(14-9)16-2/h3-6H,7,12H2,1-2H3. The van der Waals surface area contributed by atoms with Crippen LogP contribution in [0.3, 0.4) is 0 Å². The number of methoxy groups -OCH3 is 1. The van der Waals surface area contributed by atoms with Crippen LogP contribution in [0.25, 0.3) is 0 Å². The minimum atomic E-state index is 0.552. The smallest absolute Gasteiger partial charge is 0.213 e. The van der Waals surface area contributed by atoms with Crippen molar-refractivity contribution in [3.8, 4) is 5.88 Å². The van der Waals surface area contributed by atoms with Crippen molar-refractivity contribution in [1.29, 1.82) is 0 Å². The number of nitrogens with zero attached hydrogens (tertiary/aromatic N) is 3. The molecule has 2 aromatic rings. The molecule has 0 amide bonds. The zero-order chi connectivity index (χ0) is 11.5. The number of nitrogens with two attached hydrogens (primary N) is 1. The molecule has 0 bridgehead atoms. The van der Waals surface area contributed by atoms with Crippen molar-refractivity contribution in [3.63, 3.8) is 0 Å². The summed E-state index contributed by atoms with van der Waals surface area (Å²) in [7, 11) is 1.60. The highest BCUT2D eigenvalue weighted by Gasteiger charge is 2.05. The molecule has 0 aliphatic rings. The molecule has 0 fully saturated rings. The fourth-order valence-electron chi connectivity index (χ4n) is 1.43. The lowest BCUT2D eigenvalue weighted by molar-refractivity contribution is 0.395. The van der Waals surface area contributed by atoms with Crippen LogP contribution in [0.2, 0.25) is 0 Å². The highest BCUT2D eigenvalue weighted by Crippen LogP contribution is 2.12. The molecule has 0 aromatic carbocycles. The molecule has 0 radical (unpaired) electrons. The van der Waals surface area contributed by atoms with E-state index in [2.05, 4.69) is 10.1 Å². The van der Waals surface area contributed by atoms with E-state index in [9.17, 15) is 0 Å². The Morgan fingerprint density at radius 2 is 2.25 bits per heavy atom. The Kier molecular flexibility index (Phi) is 2.76. The molecule has 2 heterocycles. The van der Waals surface area contributed by atoms with E-state index in [-0.39, 0.29) is 0 Å². The number of hydrogen-bond donors (Lipinski definition) is 1. The van der Waals surface area contributed by atoms with Crippen molar-refractivity contribution in [2.75, 3.05) is 12.8 Å². The molecule has 0 saturated carbocycles. The number of pyridine rings is 1. The van der Waals surface area contributed by atoms with Crippen LogP contribution in [0.15, 0.2) is 24.4 Å². The number of hydrogen-bond acceptors (Lipinski definition) is 4. The number of aromatic nitrogens is 3. The molecule has 0 unspecified atom stereocenters. The Labute approximate surface area is 93.9 Å². The van der Waals surface area contributed by atoms with Crippen molar-refractivity contribution in [2.24, 2.45) is 0 Å². The molecule has 2 N–H and O–H groups in total. The molecule has 84 valence electrons. The van der Waals surface area contributed by atoms with Gasteiger partial charge in [0.25, 0.3) is 0 Å². The fourth-order valence-corrected chi connectivity index (χ4v) is 1.43. The second-order valence-corrected chi connectivity index (χ2v) is 3.54. The van der Waals surface area contributed by atoms with Crippen molar-refractivity contribution in [1.82, 2.24) is 14.8 Å². The predicted octanol–water partition coefficient (Wildman–Crippen LogP) is 1.23. The summed E-state index contributed by atoms with van der Waals surface area (Å²) in [6.07, 6.45) is 1.75. The van der Waals surface area contributed by atoms with Crippen LogP contribution in [0.1, 0.15) is 11.3 Å². The monoisotopic (exact) mass is 218 g/mol. The Hall–Kier alpha value is -2.04. The summed E-state index contributed by atoms with van der Waals surface area (Å²) in [6, 6.07) is 5.62. The van der Waals surface area contributed by atoms with Crippen molar-refractivity contribution < 1.29 is 4.74 Å². The molecule has 0 saturated heterocycles. The average molecular weight is 218 g/mol. The van der Waals surface area contributed by atoms with E-state index in [0.717, 1.165) is 11.3 Å². The Morgan fingerprint density at radius 1 is 1.44 bits per heavy atom. The molecule has 0 aliphatic carbocycles. The zero-order valence-corrected chi connectivity index (χ0v) is 9.34. The molecule has 16 heavy (non-hydrogen) atoms. The van der Waals surface area contributed by atoms with Gasteiger partial charge in [-0.05, 0) is 13.0 Å². The Balaban J connectivity index is 2.23. The Morgan fingerprint density at radius 3 is 2.88 bits per heavy atom. The lowest BCUT2D eigenvalue weighted by atomic mass is 10.3. The van der Waals surface area contributed by atoms with Gasteiger partial charge < -0.3 is 10.5 Å². The highest BCUT2D eigenvalue weighted by atomic mass is 16.5. The van der Waals surface area contributed by atoms with Crippen LogP contribution in [-0.4, -0.2) is 21.9 Å². The minimum absolute atomic E-state index is 0.552. The van der Waals surface area contributed by atoms with E-state index in [1.807, 2.05) is 19.1 Å². The molecular formula is C11H14N4O. The van der Waals surface area contributed by atoms with Crippen LogP contribution >= 0.6 is 0 Å². The van der Waals surface area contributed by atoms with Gasteiger partial charge in [-0.3, -0.25) is 0 Å². The number of ether oxygens (including phenoxy) is 1. The third kappa shape index (κ3) is 1.98. The van der Waals surface area contributed by atoms with E-state index >= 15 is 0 Å². The molecule has 2 rings (SSSR count). The van der Waals surface area contributed by atoms with Gasteiger partial charge in [-0.25, -0.2) is 9.67 Å². The van der Waals surface area contributed by atoms with Crippen LogP contribution in [0.5, 0.6) is 5.88 Å². The number of aryl methyl sites for hydroxylation is 1. The van der Waals surface area contributed by atoms with Crippen molar-refractivity contribution in [2.45, 2.75) is 13.5 Å². The van der Waals surface area contributed by atoms with E-state index in [4.69, 9.17) is 10.5 Å². The van der Waals surface area contributed by atoms with E-state index in [1.165, 1.54) is 0 Å². The van der Waals surface area contributed by atoms with Gasteiger partial charge in [-0.15, -0.1) is 0 Å². The summed E-state index contributed by atoms with van der Waals surface area (Å²) in [4.78, 5) is 4.30. The largest absolute Gasteiger partial charge is 0.481 e. The van der Waals surface area contributed by atoms with E-state index in [1.54, 1.807) is 24.1 Å². The van der Waals surface area contributed by atoms with Crippen LogP contribution in [-0.2, 0) is 6.54 Å². The SMILES string of the molecule is COc1cccc(Cn2ncc(C)c2N)n1. The fraction of sp³-hybridized carbons (Fsp3) is 0.273. The normalized spacial score (nSPS) is 10.4. The second kappa shape index (κ2) is 4.22. The van der Waals surface area contributed by atoms with Gasteiger partial charge in [0.1, 0.15) is 5.82 Å². The zero-order valence-electron chi connectivity index (χ0n) is 9.34. The quantitative estimate of drug-likeness (QED) is 0.841. The second-order valence-electron chi connectivity index (χ2n) is 3.54. The molecular weight excluding hydrogens is 204 g/mol. The summed E-state index contributed by atoms with van der Waals surface area (Å²) in [6.45, 7) is 2.48. The van der Waals surface area contributed by atoms with Crippen LogP contribution in [0.4, 0.5) is 5.82 Å². The maximum absolute atomic E-state index is 5.86. The van der Waals surface area contributed by atoms with Crippen molar-refractivity contribution >= 4 is 5.82 Å². The third-order valence-electron chi connectivity index (χ3n) is 2.37. The Bertz CT molecular complexity index is 492. The summed E-state index contributed by atoms with van der Waals surface area (Å²) in [5.74, 6) is 1.27. The first-order valence-corrected chi connectivity index (χ1v) is 4.98. The maximum atomic E-state index is 5.86. The van der Waals surface area contributed by atoms with Crippen LogP contribution in [0, 0.1) is 6.92 Å². The van der Waals surface area contributed by atoms with Gasteiger partial charge in [0.05, 0.1) is 25.5 Å². The molecule has 5 heteroatoms. The molecule has 0 spiro atoms. The first-order valence-electron chi connectivity index (χ1n) is 4.98. The topological polar surface area (TPSA) is 66.0 Å². The van der Waals surface area contributed by atoms with E-state index < -0.39 is 0 Å².